The van der Waals surface area contributed by atoms with Crippen molar-refractivity contribution in [2.45, 2.75) is 6.54 Å². The molecule has 128 valence electrons. The average Bonchev–Trinajstić information content (AvgIpc) is 3.00. The number of halogens is 3. The Morgan fingerprint density at radius 3 is 2.68 bits per heavy atom. The molecule has 0 atom stereocenters. The third-order valence-electron chi connectivity index (χ3n) is 3.23. The quantitative estimate of drug-likeness (QED) is 0.633. The molecule has 0 unspecified atom stereocenters. The molecule has 0 saturated carbocycles. The van der Waals surface area contributed by atoms with Crippen LogP contribution in [-0.2, 0) is 6.54 Å². The zero-order valence-corrected chi connectivity index (χ0v) is 15.0. The first-order valence-electron chi connectivity index (χ1n) is 7.17. The largest absolute Gasteiger partial charge is 0.332 e. The minimum absolute atomic E-state index is 0.00921. The molecule has 9 heteroatoms. The Kier molecular flexibility index (Phi) is 5.47. The Morgan fingerprint density at radius 2 is 1.92 bits per heavy atom. The van der Waals surface area contributed by atoms with Gasteiger partial charge < -0.3 is 5.32 Å². The van der Waals surface area contributed by atoms with Crippen LogP contribution in [0.25, 0.3) is 0 Å². The SMILES string of the molecule is Fc1ccc(NC(=S)Nc2ncn(Cc3ccccc3Cl)n2)cc1Cl. The molecule has 0 aliphatic heterocycles. The van der Waals surface area contributed by atoms with Crippen LogP contribution in [0.5, 0.6) is 0 Å². The number of hydrogen-bond acceptors (Lipinski definition) is 3. The van der Waals surface area contributed by atoms with E-state index in [9.17, 15) is 4.39 Å². The molecular formula is C16H12Cl2FN5S. The Bertz CT molecular complexity index is 915. The fourth-order valence-electron chi connectivity index (χ4n) is 2.07. The summed E-state index contributed by atoms with van der Waals surface area (Å²) in [5.74, 6) is -0.163. The highest BCUT2D eigenvalue weighted by molar-refractivity contribution is 7.80. The van der Waals surface area contributed by atoms with Crippen LogP contribution in [0.2, 0.25) is 10.0 Å². The molecule has 3 rings (SSSR count). The fourth-order valence-corrected chi connectivity index (χ4v) is 2.65. The van der Waals surface area contributed by atoms with Crippen molar-refractivity contribution in [3.8, 4) is 0 Å². The maximum Gasteiger partial charge on any atom is 0.248 e. The van der Waals surface area contributed by atoms with Crippen LogP contribution in [0, 0.1) is 5.82 Å². The third-order valence-corrected chi connectivity index (χ3v) is 4.09. The monoisotopic (exact) mass is 395 g/mol. The predicted octanol–water partition coefficient (Wildman–Crippen LogP) is 4.58. The van der Waals surface area contributed by atoms with Crippen LogP contribution in [0.3, 0.4) is 0 Å². The summed E-state index contributed by atoms with van der Waals surface area (Å²) in [6, 6.07) is 11.7. The summed E-state index contributed by atoms with van der Waals surface area (Å²) < 4.78 is 14.8. The Hall–Kier alpha value is -2.22. The van der Waals surface area contributed by atoms with E-state index in [1.165, 1.54) is 18.2 Å². The summed E-state index contributed by atoms with van der Waals surface area (Å²) in [4.78, 5) is 4.14. The maximum atomic E-state index is 13.2. The minimum Gasteiger partial charge on any atom is -0.332 e. The third kappa shape index (κ3) is 4.66. The summed E-state index contributed by atoms with van der Waals surface area (Å²) in [7, 11) is 0. The first kappa shape index (κ1) is 17.6. The summed E-state index contributed by atoms with van der Waals surface area (Å²) in [5.41, 5.74) is 1.49. The van der Waals surface area contributed by atoms with E-state index in [0.717, 1.165) is 5.56 Å². The number of rotatable bonds is 4. The summed E-state index contributed by atoms with van der Waals surface area (Å²) in [5, 5.41) is 11.0. The number of aromatic nitrogens is 3. The van der Waals surface area contributed by atoms with Crippen LogP contribution >= 0.6 is 35.4 Å². The summed E-state index contributed by atoms with van der Waals surface area (Å²) >= 11 is 17.1. The van der Waals surface area contributed by atoms with E-state index in [4.69, 9.17) is 35.4 Å². The van der Waals surface area contributed by atoms with Crippen LogP contribution in [0.4, 0.5) is 16.0 Å². The van der Waals surface area contributed by atoms with Crippen molar-refractivity contribution in [2.75, 3.05) is 10.6 Å². The number of hydrogen-bond donors (Lipinski definition) is 2. The standard InChI is InChI=1S/C16H12Cl2FN5S/c17-12-4-2-1-3-10(12)8-24-9-20-15(23-24)22-16(25)21-11-5-6-14(19)13(18)7-11/h1-7,9H,8H2,(H2,21,22,23,25). The Balaban J connectivity index is 1.61. The molecule has 1 aromatic heterocycles. The molecule has 25 heavy (non-hydrogen) atoms. The van der Waals surface area contributed by atoms with Crippen LogP contribution in [-0.4, -0.2) is 19.9 Å². The molecule has 1 heterocycles. The second kappa shape index (κ2) is 7.77. The summed E-state index contributed by atoms with van der Waals surface area (Å²) in [6.07, 6.45) is 1.57. The van der Waals surface area contributed by atoms with Gasteiger partial charge in [-0.2, -0.15) is 0 Å². The van der Waals surface area contributed by atoms with Crippen LogP contribution in [0.1, 0.15) is 5.56 Å². The van der Waals surface area contributed by atoms with Gasteiger partial charge in [-0.05, 0) is 42.0 Å². The molecule has 2 aromatic carbocycles. The van der Waals surface area contributed by atoms with Crippen LogP contribution < -0.4 is 10.6 Å². The second-order valence-corrected chi connectivity index (χ2v) is 6.29. The van der Waals surface area contributed by atoms with Gasteiger partial charge in [-0.25, -0.2) is 14.1 Å². The smallest absolute Gasteiger partial charge is 0.248 e. The normalized spacial score (nSPS) is 10.5. The van der Waals surface area contributed by atoms with Crippen LogP contribution in [0.15, 0.2) is 48.8 Å². The molecule has 0 saturated heterocycles. The number of nitrogens with zero attached hydrogens (tertiary/aromatic N) is 3. The molecule has 2 N–H and O–H groups in total. The Labute approximate surface area is 158 Å². The van der Waals surface area contributed by atoms with Crippen molar-refractivity contribution in [1.29, 1.82) is 0 Å². The first-order chi connectivity index (χ1) is 12.0. The number of nitrogens with one attached hydrogen (secondary N) is 2. The molecule has 0 amide bonds. The zero-order valence-electron chi connectivity index (χ0n) is 12.7. The average molecular weight is 396 g/mol. The van der Waals surface area contributed by atoms with E-state index in [1.807, 2.05) is 24.3 Å². The maximum absolute atomic E-state index is 13.2. The molecule has 0 radical (unpaired) electrons. The minimum atomic E-state index is -0.494. The van der Waals surface area contributed by atoms with Gasteiger partial charge in [0.15, 0.2) is 5.11 Å². The predicted molar refractivity (Wildman–Crippen MR) is 102 cm³/mol. The second-order valence-electron chi connectivity index (χ2n) is 5.07. The van der Waals surface area contributed by atoms with E-state index < -0.39 is 5.82 Å². The molecule has 0 aliphatic carbocycles. The lowest BCUT2D eigenvalue weighted by molar-refractivity contribution is 0.628. The van der Waals surface area contributed by atoms with Crippen molar-refractivity contribution < 1.29 is 4.39 Å². The molecule has 0 aliphatic rings. The Morgan fingerprint density at radius 1 is 1.12 bits per heavy atom. The lowest BCUT2D eigenvalue weighted by atomic mass is 10.2. The number of benzene rings is 2. The van der Waals surface area contributed by atoms with Crippen molar-refractivity contribution >= 4 is 52.2 Å². The van der Waals surface area contributed by atoms with Gasteiger partial charge >= 0.3 is 0 Å². The van der Waals surface area contributed by atoms with Gasteiger partial charge in [0.25, 0.3) is 0 Å². The van der Waals surface area contributed by atoms with Gasteiger partial charge in [-0.1, -0.05) is 41.4 Å². The fraction of sp³-hybridized carbons (Fsp3) is 0.0625. The van der Waals surface area contributed by atoms with Gasteiger partial charge in [0, 0.05) is 10.7 Å². The molecule has 5 nitrogen and oxygen atoms in total. The molecular weight excluding hydrogens is 384 g/mol. The molecule has 0 bridgehead atoms. The van der Waals surface area contributed by atoms with Gasteiger partial charge in [0.1, 0.15) is 12.1 Å². The van der Waals surface area contributed by atoms with E-state index in [0.29, 0.717) is 23.2 Å². The number of anilines is 2. The van der Waals surface area contributed by atoms with E-state index >= 15 is 0 Å². The molecule has 0 fully saturated rings. The van der Waals surface area contributed by atoms with Gasteiger partial charge in [0.05, 0.1) is 11.6 Å². The highest BCUT2D eigenvalue weighted by Crippen LogP contribution is 2.19. The lowest BCUT2D eigenvalue weighted by Crippen LogP contribution is -2.20. The first-order valence-corrected chi connectivity index (χ1v) is 8.33. The number of thiocarbonyl (C=S) groups is 1. The van der Waals surface area contributed by atoms with Crippen molar-refractivity contribution in [2.24, 2.45) is 0 Å². The van der Waals surface area contributed by atoms with E-state index in [-0.39, 0.29) is 10.1 Å². The van der Waals surface area contributed by atoms with Gasteiger partial charge in [0.2, 0.25) is 5.95 Å². The van der Waals surface area contributed by atoms with Crippen molar-refractivity contribution in [1.82, 2.24) is 14.8 Å². The zero-order chi connectivity index (χ0) is 17.8. The summed E-state index contributed by atoms with van der Waals surface area (Å²) in [6.45, 7) is 0.488. The van der Waals surface area contributed by atoms with Gasteiger partial charge in [-0.3, -0.25) is 5.32 Å². The van der Waals surface area contributed by atoms with E-state index in [2.05, 4.69) is 20.7 Å². The van der Waals surface area contributed by atoms with Crippen molar-refractivity contribution in [3.05, 3.63) is 70.2 Å². The highest BCUT2D eigenvalue weighted by Gasteiger charge is 2.07. The molecule has 3 aromatic rings. The van der Waals surface area contributed by atoms with Crippen molar-refractivity contribution in [3.63, 3.8) is 0 Å². The lowest BCUT2D eigenvalue weighted by Gasteiger charge is -2.08. The topological polar surface area (TPSA) is 54.8 Å². The van der Waals surface area contributed by atoms with E-state index in [1.54, 1.807) is 11.0 Å². The molecule has 0 spiro atoms. The van der Waals surface area contributed by atoms with Gasteiger partial charge in [-0.15, -0.1) is 5.10 Å². The highest BCUT2D eigenvalue weighted by atomic mass is 35.5.